The van der Waals surface area contributed by atoms with E-state index in [-0.39, 0.29) is 19.0 Å². The molecule has 1 rings (SSSR count). The van der Waals surface area contributed by atoms with E-state index >= 15 is 0 Å². The number of carbonyl (C=O) groups excluding carboxylic acids is 2. The summed E-state index contributed by atoms with van der Waals surface area (Å²) in [5.74, 6) is -0.686. The lowest BCUT2D eigenvalue weighted by Gasteiger charge is -2.19. The van der Waals surface area contributed by atoms with Gasteiger partial charge in [0.1, 0.15) is 6.54 Å². The van der Waals surface area contributed by atoms with Gasteiger partial charge in [0.05, 0.1) is 12.6 Å². The SMILES string of the molecule is N#CCCN(CC(=O)NC(=O)NCC(F)(F)F)C1CC1. The molecule has 0 radical (unpaired) electrons. The molecule has 112 valence electrons. The van der Waals surface area contributed by atoms with Crippen LogP contribution in [0.3, 0.4) is 0 Å². The van der Waals surface area contributed by atoms with E-state index in [1.807, 2.05) is 11.4 Å². The molecule has 0 aromatic carbocycles. The summed E-state index contributed by atoms with van der Waals surface area (Å²) < 4.78 is 35.6. The first-order chi connectivity index (χ1) is 9.31. The maximum Gasteiger partial charge on any atom is 0.405 e. The van der Waals surface area contributed by atoms with Crippen molar-refractivity contribution in [3.8, 4) is 6.07 Å². The average Bonchev–Trinajstić information content (AvgIpc) is 3.15. The van der Waals surface area contributed by atoms with Crippen LogP contribution in [-0.2, 0) is 4.79 Å². The third-order valence-electron chi connectivity index (χ3n) is 2.62. The van der Waals surface area contributed by atoms with Crippen molar-refractivity contribution >= 4 is 11.9 Å². The van der Waals surface area contributed by atoms with Crippen LogP contribution >= 0.6 is 0 Å². The maximum absolute atomic E-state index is 11.9. The van der Waals surface area contributed by atoms with Crippen molar-refractivity contribution in [2.75, 3.05) is 19.6 Å². The van der Waals surface area contributed by atoms with Gasteiger partial charge in [0.25, 0.3) is 0 Å². The Morgan fingerprint density at radius 3 is 2.50 bits per heavy atom. The number of hydrogen-bond donors (Lipinski definition) is 2. The molecule has 0 saturated heterocycles. The first kappa shape index (κ1) is 16.2. The Hall–Kier alpha value is -1.82. The average molecular weight is 292 g/mol. The zero-order valence-corrected chi connectivity index (χ0v) is 10.7. The summed E-state index contributed by atoms with van der Waals surface area (Å²) in [7, 11) is 0. The second-order valence-corrected chi connectivity index (χ2v) is 4.46. The van der Waals surface area contributed by atoms with Gasteiger partial charge < -0.3 is 5.32 Å². The number of imide groups is 1. The number of carbonyl (C=O) groups is 2. The normalized spacial score (nSPS) is 14.8. The predicted octanol–water partition coefficient (Wildman–Crippen LogP) is 0.753. The van der Waals surface area contributed by atoms with Gasteiger partial charge >= 0.3 is 12.2 Å². The van der Waals surface area contributed by atoms with Crippen LogP contribution < -0.4 is 10.6 Å². The topological polar surface area (TPSA) is 85.2 Å². The minimum absolute atomic E-state index is 0.105. The third-order valence-corrected chi connectivity index (χ3v) is 2.62. The summed E-state index contributed by atoms with van der Waals surface area (Å²) in [5, 5.41) is 11.9. The molecule has 0 heterocycles. The van der Waals surface area contributed by atoms with E-state index in [1.165, 1.54) is 0 Å². The van der Waals surface area contributed by atoms with Crippen LogP contribution in [0.25, 0.3) is 0 Å². The van der Waals surface area contributed by atoms with E-state index in [4.69, 9.17) is 5.26 Å². The first-order valence-corrected chi connectivity index (χ1v) is 6.07. The molecular weight excluding hydrogens is 277 g/mol. The minimum Gasteiger partial charge on any atom is -0.329 e. The molecule has 0 bridgehead atoms. The zero-order chi connectivity index (χ0) is 15.2. The first-order valence-electron chi connectivity index (χ1n) is 6.07. The number of rotatable bonds is 6. The van der Waals surface area contributed by atoms with Crippen LogP contribution in [0.5, 0.6) is 0 Å². The van der Waals surface area contributed by atoms with Crippen molar-refractivity contribution < 1.29 is 22.8 Å². The molecule has 0 unspecified atom stereocenters. The van der Waals surface area contributed by atoms with Gasteiger partial charge in [-0.25, -0.2) is 4.79 Å². The minimum atomic E-state index is -4.52. The van der Waals surface area contributed by atoms with Gasteiger partial charge in [-0.15, -0.1) is 0 Å². The number of halogens is 3. The smallest absolute Gasteiger partial charge is 0.329 e. The summed E-state index contributed by atoms with van der Waals surface area (Å²) in [6, 6.07) is 0.992. The summed E-state index contributed by atoms with van der Waals surface area (Å²) in [6.07, 6.45) is -2.44. The molecule has 3 amide bonds. The van der Waals surface area contributed by atoms with Crippen molar-refractivity contribution in [3.63, 3.8) is 0 Å². The Labute approximate surface area is 113 Å². The van der Waals surface area contributed by atoms with Gasteiger partial charge in [-0.3, -0.25) is 15.0 Å². The summed E-state index contributed by atoms with van der Waals surface area (Å²) in [5.41, 5.74) is 0. The molecule has 6 nitrogen and oxygen atoms in total. The van der Waals surface area contributed by atoms with Crippen LogP contribution in [0.4, 0.5) is 18.0 Å². The monoisotopic (exact) mass is 292 g/mol. The number of nitrogens with zero attached hydrogens (tertiary/aromatic N) is 2. The Bertz CT molecular complexity index is 401. The Morgan fingerprint density at radius 1 is 1.35 bits per heavy atom. The fourth-order valence-corrected chi connectivity index (χ4v) is 1.60. The Kier molecular flexibility index (Phi) is 5.76. The van der Waals surface area contributed by atoms with Gasteiger partial charge in [0.15, 0.2) is 0 Å². The fourth-order valence-electron chi connectivity index (χ4n) is 1.60. The lowest BCUT2D eigenvalue weighted by molar-refractivity contribution is -0.125. The highest BCUT2D eigenvalue weighted by Gasteiger charge is 2.31. The van der Waals surface area contributed by atoms with Crippen molar-refractivity contribution in [2.24, 2.45) is 0 Å². The fraction of sp³-hybridized carbons (Fsp3) is 0.727. The van der Waals surface area contributed by atoms with Crippen molar-refractivity contribution in [2.45, 2.75) is 31.5 Å². The van der Waals surface area contributed by atoms with E-state index in [9.17, 15) is 22.8 Å². The second-order valence-electron chi connectivity index (χ2n) is 4.46. The van der Waals surface area contributed by atoms with Gasteiger partial charge in [0.2, 0.25) is 5.91 Å². The molecule has 0 spiro atoms. The molecule has 20 heavy (non-hydrogen) atoms. The number of urea groups is 1. The van der Waals surface area contributed by atoms with Crippen molar-refractivity contribution in [3.05, 3.63) is 0 Å². The molecule has 0 aromatic heterocycles. The molecule has 1 fully saturated rings. The van der Waals surface area contributed by atoms with Crippen LogP contribution in [0, 0.1) is 11.3 Å². The van der Waals surface area contributed by atoms with E-state index in [0.717, 1.165) is 12.8 Å². The third kappa shape index (κ3) is 6.94. The van der Waals surface area contributed by atoms with Crippen LogP contribution in [0.1, 0.15) is 19.3 Å². The molecule has 1 aliphatic carbocycles. The highest BCUT2D eigenvalue weighted by Crippen LogP contribution is 2.26. The van der Waals surface area contributed by atoms with Crippen molar-refractivity contribution in [1.82, 2.24) is 15.5 Å². The molecule has 0 aromatic rings. The predicted molar refractivity (Wildman–Crippen MR) is 62.4 cm³/mol. The van der Waals surface area contributed by atoms with Crippen LogP contribution in [0.2, 0.25) is 0 Å². The number of alkyl halides is 3. The lowest BCUT2D eigenvalue weighted by atomic mass is 10.3. The summed E-state index contributed by atoms with van der Waals surface area (Å²) >= 11 is 0. The molecular formula is C11H15F3N4O2. The molecule has 1 aliphatic rings. The van der Waals surface area contributed by atoms with Crippen molar-refractivity contribution in [1.29, 1.82) is 5.26 Å². The van der Waals surface area contributed by atoms with Gasteiger partial charge in [-0.05, 0) is 12.8 Å². The number of nitrogens with one attached hydrogen (secondary N) is 2. The van der Waals surface area contributed by atoms with E-state index in [2.05, 4.69) is 0 Å². The zero-order valence-electron chi connectivity index (χ0n) is 10.7. The molecule has 9 heteroatoms. The highest BCUT2D eigenvalue weighted by molar-refractivity contribution is 5.95. The van der Waals surface area contributed by atoms with E-state index in [0.29, 0.717) is 6.54 Å². The molecule has 0 aliphatic heterocycles. The second kappa shape index (κ2) is 7.09. The number of nitriles is 1. The molecule has 1 saturated carbocycles. The summed E-state index contributed by atoms with van der Waals surface area (Å²) in [4.78, 5) is 24.3. The largest absolute Gasteiger partial charge is 0.405 e. The van der Waals surface area contributed by atoms with Gasteiger partial charge in [0, 0.05) is 19.0 Å². The standard InChI is InChI=1S/C11H15F3N4O2/c12-11(13,14)7-16-10(20)17-9(19)6-18(5-1-4-15)8-2-3-8/h8H,1-3,5-7H2,(H2,16,17,19,20). The highest BCUT2D eigenvalue weighted by atomic mass is 19.4. The molecule has 0 atom stereocenters. The summed E-state index contributed by atoms with van der Waals surface area (Å²) in [6.45, 7) is -1.20. The van der Waals surface area contributed by atoms with E-state index in [1.54, 1.807) is 10.2 Å². The lowest BCUT2D eigenvalue weighted by Crippen LogP contribution is -2.47. The number of hydrogen-bond acceptors (Lipinski definition) is 4. The Morgan fingerprint density at radius 2 is 2.00 bits per heavy atom. The quantitative estimate of drug-likeness (QED) is 0.756. The number of amides is 3. The van der Waals surface area contributed by atoms with Crippen LogP contribution in [-0.4, -0.2) is 48.7 Å². The van der Waals surface area contributed by atoms with Gasteiger partial charge in [-0.1, -0.05) is 0 Å². The van der Waals surface area contributed by atoms with E-state index < -0.39 is 24.7 Å². The van der Waals surface area contributed by atoms with Gasteiger partial charge in [-0.2, -0.15) is 18.4 Å². The maximum atomic E-state index is 11.9. The van der Waals surface area contributed by atoms with Crippen LogP contribution in [0.15, 0.2) is 0 Å². The molecule has 2 N–H and O–H groups in total. The Balaban J connectivity index is 2.30.